The average Bonchev–Trinajstić information content (AvgIpc) is 3.18. The van der Waals surface area contributed by atoms with Crippen LogP contribution in [0.1, 0.15) is 29.0 Å². The average molecular weight is 369 g/mol. The molecule has 3 rings (SSSR count). The fraction of sp³-hybridized carbons (Fsp3) is 0.400. The van der Waals surface area contributed by atoms with Crippen molar-refractivity contribution in [3.05, 3.63) is 32.4 Å². The second-order valence-electron chi connectivity index (χ2n) is 5.25. The van der Waals surface area contributed by atoms with Crippen LogP contribution in [0.15, 0.2) is 22.6 Å². The Bertz CT molecular complexity index is 678. The van der Waals surface area contributed by atoms with Crippen LogP contribution in [-0.4, -0.2) is 30.2 Å². The van der Waals surface area contributed by atoms with E-state index in [1.165, 1.54) is 30.6 Å². The number of nitrogens with zero attached hydrogens (tertiary/aromatic N) is 3. The van der Waals surface area contributed by atoms with Gasteiger partial charge in [-0.3, -0.25) is 4.79 Å². The molecule has 3 heterocycles. The van der Waals surface area contributed by atoms with Crippen molar-refractivity contribution in [1.82, 2.24) is 10.4 Å². The zero-order valence-electron chi connectivity index (χ0n) is 12.5. The third-order valence-corrected chi connectivity index (χ3v) is 5.84. The zero-order chi connectivity index (χ0) is 16.1. The lowest BCUT2D eigenvalue weighted by atomic mass is 10.1. The van der Waals surface area contributed by atoms with Gasteiger partial charge in [0.25, 0.3) is 0 Å². The summed E-state index contributed by atoms with van der Waals surface area (Å²) < 4.78 is 0. The molecule has 122 valence electrons. The largest absolute Gasteiger partial charge is 0.348 e. The summed E-state index contributed by atoms with van der Waals surface area (Å²) in [6.07, 6.45) is 5.57. The van der Waals surface area contributed by atoms with Crippen LogP contribution in [0.2, 0.25) is 5.15 Å². The van der Waals surface area contributed by atoms with Gasteiger partial charge in [0.2, 0.25) is 5.91 Å². The van der Waals surface area contributed by atoms with Gasteiger partial charge < -0.3 is 4.90 Å². The highest BCUT2D eigenvalue weighted by Gasteiger charge is 2.16. The van der Waals surface area contributed by atoms with E-state index in [-0.39, 0.29) is 5.91 Å². The minimum Gasteiger partial charge on any atom is -0.348 e. The van der Waals surface area contributed by atoms with Crippen molar-refractivity contribution < 1.29 is 4.79 Å². The molecule has 1 aliphatic heterocycles. The summed E-state index contributed by atoms with van der Waals surface area (Å²) >= 11 is 9.23. The van der Waals surface area contributed by atoms with Gasteiger partial charge >= 0.3 is 0 Å². The number of rotatable bonds is 5. The van der Waals surface area contributed by atoms with Gasteiger partial charge in [-0.05, 0) is 30.7 Å². The molecule has 0 aliphatic carbocycles. The molecule has 0 unspecified atom stereocenters. The summed E-state index contributed by atoms with van der Waals surface area (Å²) in [5.41, 5.74) is 2.53. The molecular formula is C15H17ClN4OS2. The standard InChI is InChI=1S/C15H17ClN4OS2/c16-14-12(23-15(18-14)20-6-2-1-3-7-20)10-17-19-13(21)9-11-5-4-8-22-11/h4-5,8,10H,1-3,6-7,9H2,(H,19,21)/b17-10-. The lowest BCUT2D eigenvalue weighted by Crippen LogP contribution is -2.29. The highest BCUT2D eigenvalue weighted by molar-refractivity contribution is 7.17. The Morgan fingerprint density at radius 1 is 1.43 bits per heavy atom. The summed E-state index contributed by atoms with van der Waals surface area (Å²) in [7, 11) is 0. The van der Waals surface area contributed by atoms with Crippen LogP contribution in [0.25, 0.3) is 0 Å². The minimum absolute atomic E-state index is 0.138. The molecule has 1 saturated heterocycles. The first-order valence-electron chi connectivity index (χ1n) is 7.48. The maximum Gasteiger partial charge on any atom is 0.245 e. The highest BCUT2D eigenvalue weighted by atomic mass is 35.5. The summed E-state index contributed by atoms with van der Waals surface area (Å²) in [5, 5.41) is 7.31. The molecule has 2 aromatic heterocycles. The summed E-state index contributed by atoms with van der Waals surface area (Å²) in [4.78, 5) is 20.2. The lowest BCUT2D eigenvalue weighted by molar-refractivity contribution is -0.120. The van der Waals surface area contributed by atoms with Crippen molar-refractivity contribution in [3.8, 4) is 0 Å². The number of aromatic nitrogens is 1. The normalized spacial score (nSPS) is 15.3. The first kappa shape index (κ1) is 16.4. The van der Waals surface area contributed by atoms with Crippen molar-refractivity contribution in [1.29, 1.82) is 0 Å². The Hall–Kier alpha value is -1.44. The fourth-order valence-corrected chi connectivity index (χ4v) is 4.26. The van der Waals surface area contributed by atoms with Crippen LogP contribution >= 0.6 is 34.3 Å². The Kier molecular flexibility index (Phi) is 5.64. The van der Waals surface area contributed by atoms with Crippen LogP contribution in [-0.2, 0) is 11.2 Å². The minimum atomic E-state index is -0.138. The smallest absolute Gasteiger partial charge is 0.245 e. The van der Waals surface area contributed by atoms with Crippen LogP contribution in [0.5, 0.6) is 0 Å². The molecule has 0 spiro atoms. The maximum atomic E-state index is 11.8. The highest BCUT2D eigenvalue weighted by Crippen LogP contribution is 2.30. The van der Waals surface area contributed by atoms with Gasteiger partial charge in [-0.2, -0.15) is 5.10 Å². The topological polar surface area (TPSA) is 57.6 Å². The number of hydrogen-bond donors (Lipinski definition) is 1. The number of nitrogens with one attached hydrogen (secondary N) is 1. The van der Waals surface area contributed by atoms with Crippen molar-refractivity contribution in [3.63, 3.8) is 0 Å². The van der Waals surface area contributed by atoms with E-state index in [0.29, 0.717) is 11.6 Å². The predicted molar refractivity (Wildman–Crippen MR) is 96.9 cm³/mol. The summed E-state index contributed by atoms with van der Waals surface area (Å²) in [5.74, 6) is -0.138. The van der Waals surface area contributed by atoms with Gasteiger partial charge in [-0.1, -0.05) is 29.0 Å². The number of thiophene rings is 1. The fourth-order valence-electron chi connectivity index (χ4n) is 2.38. The Morgan fingerprint density at radius 2 is 2.26 bits per heavy atom. The number of thiazole rings is 1. The van der Waals surface area contributed by atoms with Gasteiger partial charge in [-0.25, -0.2) is 10.4 Å². The Balaban J connectivity index is 1.56. The van der Waals surface area contributed by atoms with Crippen molar-refractivity contribution in [2.75, 3.05) is 18.0 Å². The zero-order valence-corrected chi connectivity index (χ0v) is 14.9. The Morgan fingerprint density at radius 3 is 3.00 bits per heavy atom. The van der Waals surface area contributed by atoms with E-state index >= 15 is 0 Å². The maximum absolute atomic E-state index is 11.8. The van der Waals surface area contributed by atoms with Gasteiger partial charge in [-0.15, -0.1) is 11.3 Å². The van der Waals surface area contributed by atoms with Gasteiger partial charge in [0.1, 0.15) is 0 Å². The molecule has 2 aromatic rings. The summed E-state index contributed by atoms with van der Waals surface area (Å²) in [6, 6.07) is 3.86. The van der Waals surface area contributed by atoms with E-state index in [1.807, 2.05) is 17.5 Å². The second kappa shape index (κ2) is 7.90. The van der Waals surface area contributed by atoms with E-state index in [4.69, 9.17) is 11.6 Å². The molecule has 1 N–H and O–H groups in total. The lowest BCUT2D eigenvalue weighted by Gasteiger charge is -2.25. The van der Waals surface area contributed by atoms with E-state index in [9.17, 15) is 4.79 Å². The van der Waals surface area contributed by atoms with Crippen LogP contribution in [0.4, 0.5) is 5.13 Å². The molecule has 0 atom stereocenters. The number of halogens is 1. The van der Waals surface area contributed by atoms with E-state index < -0.39 is 0 Å². The molecular weight excluding hydrogens is 352 g/mol. The van der Waals surface area contributed by atoms with Crippen molar-refractivity contribution >= 4 is 51.5 Å². The van der Waals surface area contributed by atoms with Gasteiger partial charge in [0.05, 0.1) is 17.5 Å². The molecule has 0 radical (unpaired) electrons. The monoisotopic (exact) mass is 368 g/mol. The van der Waals surface area contributed by atoms with Gasteiger partial charge in [0.15, 0.2) is 10.3 Å². The quantitative estimate of drug-likeness (QED) is 0.648. The Labute approximate surface area is 148 Å². The van der Waals surface area contributed by atoms with Crippen LogP contribution < -0.4 is 10.3 Å². The number of hydrogen-bond acceptors (Lipinski definition) is 6. The van der Waals surface area contributed by atoms with Crippen molar-refractivity contribution in [2.24, 2.45) is 5.10 Å². The second-order valence-corrected chi connectivity index (χ2v) is 7.65. The molecule has 1 aliphatic rings. The van der Waals surface area contributed by atoms with Crippen LogP contribution in [0.3, 0.4) is 0 Å². The molecule has 23 heavy (non-hydrogen) atoms. The number of piperidine rings is 1. The molecule has 1 amide bonds. The van der Waals surface area contributed by atoms with E-state index in [0.717, 1.165) is 28.0 Å². The molecule has 0 saturated carbocycles. The predicted octanol–water partition coefficient (Wildman–Crippen LogP) is 3.54. The number of carbonyl (C=O) groups excluding carboxylic acids is 1. The first-order chi connectivity index (χ1) is 11.2. The van der Waals surface area contributed by atoms with E-state index in [1.54, 1.807) is 17.6 Å². The summed E-state index contributed by atoms with van der Waals surface area (Å²) in [6.45, 7) is 2.05. The number of hydrazone groups is 1. The molecule has 0 aromatic carbocycles. The SMILES string of the molecule is O=C(Cc1cccs1)N/N=C\c1sc(N2CCCCC2)nc1Cl. The number of carbonyl (C=O) groups is 1. The van der Waals surface area contributed by atoms with E-state index in [2.05, 4.69) is 20.4 Å². The first-order valence-corrected chi connectivity index (χ1v) is 9.55. The number of anilines is 1. The molecule has 0 bridgehead atoms. The number of amides is 1. The van der Waals surface area contributed by atoms with Crippen LogP contribution in [0, 0.1) is 0 Å². The van der Waals surface area contributed by atoms with Gasteiger partial charge in [0, 0.05) is 18.0 Å². The van der Waals surface area contributed by atoms with Crippen molar-refractivity contribution in [2.45, 2.75) is 25.7 Å². The third-order valence-electron chi connectivity index (χ3n) is 3.51. The molecule has 8 heteroatoms. The third kappa shape index (κ3) is 4.53. The molecule has 1 fully saturated rings. The molecule has 5 nitrogen and oxygen atoms in total.